The molecule has 0 saturated carbocycles. The van der Waals surface area contributed by atoms with E-state index in [0.717, 1.165) is 9.39 Å². The SMILES string of the molecule is Cc1cnc(NC(=O)Cc2c(C)nc3nc(C(F)(F)F)nn3c2C)s1. The lowest BCUT2D eigenvalue weighted by Gasteiger charge is -2.09. The molecule has 0 aliphatic rings. The topological polar surface area (TPSA) is 85.1 Å². The monoisotopic (exact) mass is 370 g/mol. The first kappa shape index (κ1) is 17.3. The summed E-state index contributed by atoms with van der Waals surface area (Å²) in [6.07, 6.45) is -3.08. The van der Waals surface area contributed by atoms with Crippen LogP contribution in [-0.4, -0.2) is 30.5 Å². The van der Waals surface area contributed by atoms with E-state index in [1.54, 1.807) is 20.0 Å². The highest BCUT2D eigenvalue weighted by Crippen LogP contribution is 2.27. The quantitative estimate of drug-likeness (QED) is 0.766. The zero-order valence-electron chi connectivity index (χ0n) is 13.5. The summed E-state index contributed by atoms with van der Waals surface area (Å²) in [7, 11) is 0. The van der Waals surface area contributed by atoms with Crippen LogP contribution in [0.3, 0.4) is 0 Å². The van der Waals surface area contributed by atoms with Gasteiger partial charge in [0.2, 0.25) is 5.91 Å². The maximum absolute atomic E-state index is 12.8. The van der Waals surface area contributed by atoms with Gasteiger partial charge in [0.15, 0.2) is 5.13 Å². The van der Waals surface area contributed by atoms with Gasteiger partial charge in [0.1, 0.15) is 0 Å². The zero-order valence-corrected chi connectivity index (χ0v) is 14.3. The highest BCUT2D eigenvalue weighted by Gasteiger charge is 2.37. The van der Waals surface area contributed by atoms with E-state index in [0.29, 0.717) is 22.1 Å². The number of hydrogen-bond acceptors (Lipinski definition) is 6. The summed E-state index contributed by atoms with van der Waals surface area (Å²) >= 11 is 1.33. The first-order valence-corrected chi connectivity index (χ1v) is 7.99. The predicted octanol–water partition coefficient (Wildman–Crippen LogP) is 2.71. The Labute approximate surface area is 143 Å². The number of nitrogens with one attached hydrogen (secondary N) is 1. The number of carbonyl (C=O) groups excluding carboxylic acids is 1. The average molecular weight is 370 g/mol. The number of nitrogens with zero attached hydrogens (tertiary/aromatic N) is 5. The van der Waals surface area contributed by atoms with Crippen LogP contribution in [0.5, 0.6) is 0 Å². The number of thiazole rings is 1. The van der Waals surface area contributed by atoms with E-state index in [1.807, 2.05) is 6.92 Å². The Morgan fingerprint density at radius 3 is 2.60 bits per heavy atom. The summed E-state index contributed by atoms with van der Waals surface area (Å²) in [4.78, 5) is 24.6. The van der Waals surface area contributed by atoms with Crippen molar-refractivity contribution in [2.24, 2.45) is 0 Å². The average Bonchev–Trinajstić information content (AvgIpc) is 3.09. The number of halogens is 3. The molecule has 0 saturated heterocycles. The number of hydrogen-bond donors (Lipinski definition) is 1. The van der Waals surface area contributed by atoms with Crippen molar-refractivity contribution in [1.82, 2.24) is 24.6 Å². The summed E-state index contributed by atoms with van der Waals surface area (Å²) in [5.74, 6) is -1.75. The van der Waals surface area contributed by atoms with Crippen LogP contribution in [-0.2, 0) is 17.4 Å². The first-order valence-electron chi connectivity index (χ1n) is 7.17. The maximum Gasteiger partial charge on any atom is 0.453 e. The molecule has 3 heterocycles. The lowest BCUT2D eigenvalue weighted by molar-refractivity contribution is -0.144. The standard InChI is InChI=1S/C14H13F3N6OS/c1-6-5-18-13(25-6)20-10(24)4-9-7(2)19-12-21-11(14(15,16)17)22-23(12)8(9)3/h5H,4H2,1-3H3,(H,18,20,24). The van der Waals surface area contributed by atoms with Crippen molar-refractivity contribution in [2.45, 2.75) is 33.4 Å². The molecular weight excluding hydrogens is 357 g/mol. The molecular formula is C14H13F3N6OS. The Balaban J connectivity index is 1.91. The molecule has 1 amide bonds. The van der Waals surface area contributed by atoms with Crippen molar-refractivity contribution < 1.29 is 18.0 Å². The molecule has 132 valence electrons. The molecule has 1 N–H and O–H groups in total. The molecule has 3 rings (SSSR count). The molecule has 11 heteroatoms. The fourth-order valence-electron chi connectivity index (χ4n) is 2.32. The summed E-state index contributed by atoms with van der Waals surface area (Å²) < 4.78 is 39.3. The minimum absolute atomic E-state index is 0.0551. The van der Waals surface area contributed by atoms with Crippen LogP contribution < -0.4 is 5.32 Å². The van der Waals surface area contributed by atoms with E-state index >= 15 is 0 Å². The van der Waals surface area contributed by atoms with Gasteiger partial charge in [-0.1, -0.05) is 0 Å². The van der Waals surface area contributed by atoms with Gasteiger partial charge in [-0.15, -0.1) is 16.4 Å². The van der Waals surface area contributed by atoms with Crippen LogP contribution in [0, 0.1) is 20.8 Å². The molecule has 0 atom stereocenters. The summed E-state index contributed by atoms with van der Waals surface area (Å²) in [5, 5.41) is 6.58. The normalized spacial score (nSPS) is 11.9. The number of carbonyl (C=O) groups is 1. The number of rotatable bonds is 3. The van der Waals surface area contributed by atoms with Crippen LogP contribution in [0.1, 0.15) is 27.7 Å². The lowest BCUT2D eigenvalue weighted by Crippen LogP contribution is -2.17. The highest BCUT2D eigenvalue weighted by molar-refractivity contribution is 7.15. The number of anilines is 1. The van der Waals surface area contributed by atoms with Gasteiger partial charge in [-0.2, -0.15) is 18.2 Å². The van der Waals surface area contributed by atoms with Crippen molar-refractivity contribution in [3.8, 4) is 0 Å². The van der Waals surface area contributed by atoms with E-state index in [2.05, 4.69) is 25.4 Å². The highest BCUT2D eigenvalue weighted by atomic mass is 32.1. The summed E-state index contributed by atoms with van der Waals surface area (Å²) in [6, 6.07) is 0. The Morgan fingerprint density at radius 2 is 2.00 bits per heavy atom. The second-order valence-electron chi connectivity index (χ2n) is 5.41. The van der Waals surface area contributed by atoms with Gasteiger partial charge in [0.05, 0.1) is 6.42 Å². The van der Waals surface area contributed by atoms with E-state index < -0.39 is 12.0 Å². The minimum atomic E-state index is -4.66. The van der Waals surface area contributed by atoms with Crippen LogP contribution in [0.25, 0.3) is 5.78 Å². The number of aromatic nitrogens is 5. The number of fused-ring (bicyclic) bond motifs is 1. The summed E-state index contributed by atoms with van der Waals surface area (Å²) in [6.45, 7) is 5.06. The third-order valence-electron chi connectivity index (χ3n) is 3.51. The Bertz CT molecular complexity index is 962. The van der Waals surface area contributed by atoms with Crippen molar-refractivity contribution in [3.63, 3.8) is 0 Å². The Kier molecular flexibility index (Phi) is 4.19. The zero-order chi connectivity index (χ0) is 18.4. The number of amides is 1. The largest absolute Gasteiger partial charge is 0.453 e. The van der Waals surface area contributed by atoms with Crippen molar-refractivity contribution in [3.05, 3.63) is 33.8 Å². The maximum atomic E-state index is 12.8. The second-order valence-corrected chi connectivity index (χ2v) is 6.64. The number of aryl methyl sites for hydroxylation is 3. The van der Waals surface area contributed by atoms with E-state index in [1.165, 1.54) is 11.3 Å². The van der Waals surface area contributed by atoms with E-state index in [-0.39, 0.29) is 18.1 Å². The Hall–Kier alpha value is -2.56. The van der Waals surface area contributed by atoms with Crippen LogP contribution >= 0.6 is 11.3 Å². The van der Waals surface area contributed by atoms with Gasteiger partial charge in [0.25, 0.3) is 11.6 Å². The molecule has 3 aromatic heterocycles. The van der Waals surface area contributed by atoms with E-state index in [9.17, 15) is 18.0 Å². The van der Waals surface area contributed by atoms with Crippen LogP contribution in [0.4, 0.5) is 18.3 Å². The van der Waals surface area contributed by atoms with Crippen molar-refractivity contribution >= 4 is 28.2 Å². The van der Waals surface area contributed by atoms with Gasteiger partial charge in [0, 0.05) is 28.0 Å². The third kappa shape index (κ3) is 3.45. The predicted molar refractivity (Wildman–Crippen MR) is 84.4 cm³/mol. The first-order chi connectivity index (χ1) is 11.6. The molecule has 0 aliphatic heterocycles. The minimum Gasteiger partial charge on any atom is -0.302 e. The third-order valence-corrected chi connectivity index (χ3v) is 4.34. The number of alkyl halides is 3. The van der Waals surface area contributed by atoms with Crippen LogP contribution in [0.15, 0.2) is 6.20 Å². The van der Waals surface area contributed by atoms with Gasteiger partial charge in [-0.3, -0.25) is 4.79 Å². The van der Waals surface area contributed by atoms with Gasteiger partial charge in [-0.25, -0.2) is 14.5 Å². The molecule has 0 bridgehead atoms. The van der Waals surface area contributed by atoms with Crippen molar-refractivity contribution in [1.29, 1.82) is 0 Å². The molecule has 0 spiro atoms. The Morgan fingerprint density at radius 1 is 1.28 bits per heavy atom. The molecule has 7 nitrogen and oxygen atoms in total. The molecule has 0 fully saturated rings. The fraction of sp³-hybridized carbons (Fsp3) is 0.357. The molecule has 0 aromatic carbocycles. The van der Waals surface area contributed by atoms with Gasteiger partial charge in [-0.05, 0) is 20.8 Å². The molecule has 0 aliphatic carbocycles. The van der Waals surface area contributed by atoms with Crippen LogP contribution in [0.2, 0.25) is 0 Å². The lowest BCUT2D eigenvalue weighted by atomic mass is 10.1. The van der Waals surface area contributed by atoms with Gasteiger partial charge >= 0.3 is 6.18 Å². The molecule has 0 radical (unpaired) electrons. The second kappa shape index (κ2) is 6.06. The smallest absolute Gasteiger partial charge is 0.302 e. The van der Waals surface area contributed by atoms with Gasteiger partial charge < -0.3 is 5.32 Å². The summed E-state index contributed by atoms with van der Waals surface area (Å²) in [5.41, 5.74) is 1.31. The molecule has 3 aromatic rings. The molecule has 25 heavy (non-hydrogen) atoms. The fourth-order valence-corrected chi connectivity index (χ4v) is 3.00. The molecule has 0 unspecified atom stereocenters. The van der Waals surface area contributed by atoms with E-state index in [4.69, 9.17) is 0 Å². The van der Waals surface area contributed by atoms with Crippen molar-refractivity contribution in [2.75, 3.05) is 5.32 Å².